The van der Waals surface area contributed by atoms with Gasteiger partial charge < -0.3 is 10.1 Å². The molecule has 0 aliphatic rings. The number of aromatic nitrogens is 1. The van der Waals surface area contributed by atoms with Crippen molar-refractivity contribution in [1.29, 1.82) is 0 Å². The number of halogens is 3. The standard InChI is InChI=1S/C12H9BrClFN2O/c1-18-11-5-8(2-3-9(11)14)17-12-10(15)4-7(13)6-16-12/h2-6H,1H3,(H,16,17). The second-order valence-electron chi connectivity index (χ2n) is 3.46. The van der Waals surface area contributed by atoms with Gasteiger partial charge in [0.2, 0.25) is 0 Å². The van der Waals surface area contributed by atoms with Crippen LogP contribution in [-0.2, 0) is 0 Å². The van der Waals surface area contributed by atoms with Gasteiger partial charge in [0, 0.05) is 22.4 Å². The zero-order chi connectivity index (χ0) is 13.1. The van der Waals surface area contributed by atoms with Crippen LogP contribution in [0.25, 0.3) is 0 Å². The molecule has 2 rings (SSSR count). The predicted molar refractivity (Wildman–Crippen MR) is 73.2 cm³/mol. The van der Waals surface area contributed by atoms with Gasteiger partial charge in [0.1, 0.15) is 5.75 Å². The first kappa shape index (κ1) is 13.1. The largest absolute Gasteiger partial charge is 0.495 e. The smallest absolute Gasteiger partial charge is 0.166 e. The molecular weight excluding hydrogens is 322 g/mol. The van der Waals surface area contributed by atoms with Gasteiger partial charge in [0.15, 0.2) is 11.6 Å². The Balaban J connectivity index is 2.28. The Morgan fingerprint density at radius 1 is 1.39 bits per heavy atom. The average Bonchev–Trinajstić information content (AvgIpc) is 2.35. The molecule has 0 atom stereocenters. The van der Waals surface area contributed by atoms with Crippen molar-refractivity contribution in [3.8, 4) is 5.75 Å². The minimum atomic E-state index is -0.446. The highest BCUT2D eigenvalue weighted by molar-refractivity contribution is 9.10. The number of nitrogens with one attached hydrogen (secondary N) is 1. The van der Waals surface area contributed by atoms with Crippen molar-refractivity contribution in [2.24, 2.45) is 0 Å². The normalized spacial score (nSPS) is 10.2. The number of methoxy groups -OCH3 is 1. The average molecular weight is 332 g/mol. The number of hydrogen-bond donors (Lipinski definition) is 1. The van der Waals surface area contributed by atoms with Crippen molar-refractivity contribution in [2.45, 2.75) is 0 Å². The van der Waals surface area contributed by atoms with E-state index in [1.807, 2.05) is 0 Å². The minimum Gasteiger partial charge on any atom is -0.495 e. The zero-order valence-corrected chi connectivity index (χ0v) is 11.7. The zero-order valence-electron chi connectivity index (χ0n) is 9.38. The molecule has 2 aromatic rings. The topological polar surface area (TPSA) is 34.1 Å². The lowest BCUT2D eigenvalue weighted by Crippen LogP contribution is -1.97. The monoisotopic (exact) mass is 330 g/mol. The fraction of sp³-hybridized carbons (Fsp3) is 0.0833. The van der Waals surface area contributed by atoms with Crippen molar-refractivity contribution in [2.75, 3.05) is 12.4 Å². The van der Waals surface area contributed by atoms with Gasteiger partial charge in [-0.05, 0) is 34.1 Å². The van der Waals surface area contributed by atoms with Crippen LogP contribution in [-0.4, -0.2) is 12.1 Å². The molecule has 0 aliphatic carbocycles. The SMILES string of the molecule is COc1cc(Nc2ncc(Br)cc2F)ccc1Cl. The summed E-state index contributed by atoms with van der Waals surface area (Å²) >= 11 is 9.05. The predicted octanol–water partition coefficient (Wildman–Crippen LogP) is 4.39. The van der Waals surface area contributed by atoms with E-state index >= 15 is 0 Å². The van der Waals surface area contributed by atoms with Gasteiger partial charge in [-0.2, -0.15) is 0 Å². The lowest BCUT2D eigenvalue weighted by Gasteiger charge is -2.09. The summed E-state index contributed by atoms with van der Waals surface area (Å²) < 4.78 is 19.2. The summed E-state index contributed by atoms with van der Waals surface area (Å²) in [6.45, 7) is 0. The molecule has 1 N–H and O–H groups in total. The molecule has 18 heavy (non-hydrogen) atoms. The fourth-order valence-electron chi connectivity index (χ4n) is 1.38. The summed E-state index contributed by atoms with van der Waals surface area (Å²) in [5, 5.41) is 3.35. The van der Waals surface area contributed by atoms with E-state index in [0.29, 0.717) is 20.9 Å². The Kier molecular flexibility index (Phi) is 4.04. The molecule has 1 heterocycles. The highest BCUT2D eigenvalue weighted by Gasteiger charge is 2.07. The van der Waals surface area contributed by atoms with E-state index in [1.165, 1.54) is 19.4 Å². The molecular formula is C12H9BrClFN2O. The van der Waals surface area contributed by atoms with Crippen LogP contribution in [0.2, 0.25) is 5.02 Å². The van der Waals surface area contributed by atoms with Crippen LogP contribution in [0.3, 0.4) is 0 Å². The maximum Gasteiger partial charge on any atom is 0.166 e. The van der Waals surface area contributed by atoms with Gasteiger partial charge in [-0.25, -0.2) is 9.37 Å². The van der Waals surface area contributed by atoms with Gasteiger partial charge in [0.25, 0.3) is 0 Å². The molecule has 0 amide bonds. The van der Waals surface area contributed by atoms with Crippen LogP contribution in [0.1, 0.15) is 0 Å². The quantitative estimate of drug-likeness (QED) is 0.906. The molecule has 0 spiro atoms. The molecule has 0 saturated heterocycles. The van der Waals surface area contributed by atoms with Crippen LogP contribution in [0.4, 0.5) is 15.9 Å². The van der Waals surface area contributed by atoms with E-state index in [1.54, 1.807) is 18.2 Å². The van der Waals surface area contributed by atoms with Crippen LogP contribution in [0.15, 0.2) is 34.9 Å². The van der Waals surface area contributed by atoms with E-state index in [4.69, 9.17) is 16.3 Å². The number of benzene rings is 1. The molecule has 6 heteroatoms. The van der Waals surface area contributed by atoms with Crippen LogP contribution < -0.4 is 10.1 Å². The molecule has 0 unspecified atom stereocenters. The van der Waals surface area contributed by atoms with E-state index < -0.39 is 5.82 Å². The van der Waals surface area contributed by atoms with Crippen LogP contribution in [0.5, 0.6) is 5.75 Å². The van der Waals surface area contributed by atoms with Crippen LogP contribution in [0, 0.1) is 5.82 Å². The Morgan fingerprint density at radius 2 is 2.17 bits per heavy atom. The highest BCUT2D eigenvalue weighted by Crippen LogP contribution is 2.29. The second-order valence-corrected chi connectivity index (χ2v) is 4.78. The first-order valence-electron chi connectivity index (χ1n) is 5.02. The highest BCUT2D eigenvalue weighted by atomic mass is 79.9. The molecule has 0 aliphatic heterocycles. The third-order valence-corrected chi connectivity index (χ3v) is 2.97. The van der Waals surface area contributed by atoms with Gasteiger partial charge in [0.05, 0.1) is 12.1 Å². The number of rotatable bonds is 3. The molecule has 0 saturated carbocycles. The van der Waals surface area contributed by atoms with Crippen molar-refractivity contribution >= 4 is 39.0 Å². The van der Waals surface area contributed by atoms with Crippen molar-refractivity contribution < 1.29 is 9.13 Å². The van der Waals surface area contributed by atoms with Crippen molar-refractivity contribution in [1.82, 2.24) is 4.98 Å². The number of hydrogen-bond acceptors (Lipinski definition) is 3. The summed E-state index contributed by atoms with van der Waals surface area (Å²) in [6, 6.07) is 6.39. The van der Waals surface area contributed by atoms with E-state index in [9.17, 15) is 4.39 Å². The van der Waals surface area contributed by atoms with Gasteiger partial charge in [-0.3, -0.25) is 0 Å². The third-order valence-electron chi connectivity index (χ3n) is 2.22. The van der Waals surface area contributed by atoms with Gasteiger partial charge >= 0.3 is 0 Å². The Labute approximate surface area is 117 Å². The van der Waals surface area contributed by atoms with E-state index in [0.717, 1.165) is 0 Å². The van der Waals surface area contributed by atoms with E-state index in [-0.39, 0.29) is 5.82 Å². The first-order chi connectivity index (χ1) is 8.60. The molecule has 3 nitrogen and oxygen atoms in total. The van der Waals surface area contributed by atoms with E-state index in [2.05, 4.69) is 26.2 Å². The molecule has 94 valence electrons. The first-order valence-corrected chi connectivity index (χ1v) is 6.19. The number of ether oxygens (including phenoxy) is 1. The summed E-state index contributed by atoms with van der Waals surface area (Å²) in [4.78, 5) is 3.94. The third kappa shape index (κ3) is 2.91. The second kappa shape index (κ2) is 5.54. The maximum absolute atomic E-state index is 13.6. The number of nitrogens with zero attached hydrogens (tertiary/aromatic N) is 1. The molecule has 0 fully saturated rings. The van der Waals surface area contributed by atoms with Gasteiger partial charge in [-0.15, -0.1) is 0 Å². The number of pyridine rings is 1. The summed E-state index contributed by atoms with van der Waals surface area (Å²) in [7, 11) is 1.52. The van der Waals surface area contributed by atoms with Crippen LogP contribution >= 0.6 is 27.5 Å². The Bertz CT molecular complexity index is 580. The number of anilines is 2. The van der Waals surface area contributed by atoms with Gasteiger partial charge in [-0.1, -0.05) is 11.6 Å². The summed E-state index contributed by atoms with van der Waals surface area (Å²) in [5.41, 5.74) is 0.643. The fourth-order valence-corrected chi connectivity index (χ4v) is 1.88. The molecule has 1 aromatic heterocycles. The lowest BCUT2D eigenvalue weighted by molar-refractivity contribution is 0.415. The summed E-state index contributed by atoms with van der Waals surface area (Å²) in [5.74, 6) is 0.208. The Morgan fingerprint density at radius 3 is 2.83 bits per heavy atom. The molecule has 0 radical (unpaired) electrons. The summed E-state index contributed by atoms with van der Waals surface area (Å²) in [6.07, 6.45) is 1.51. The molecule has 1 aromatic carbocycles. The van der Waals surface area contributed by atoms with Crippen molar-refractivity contribution in [3.05, 3.63) is 45.8 Å². The Hall–Kier alpha value is -1.33. The van der Waals surface area contributed by atoms with Crippen molar-refractivity contribution in [3.63, 3.8) is 0 Å². The lowest BCUT2D eigenvalue weighted by atomic mass is 10.3. The maximum atomic E-state index is 13.6. The minimum absolute atomic E-state index is 0.141. The molecule has 0 bridgehead atoms.